The maximum Gasteiger partial charge on any atom is 0.407 e. The van der Waals surface area contributed by atoms with Crippen LogP contribution >= 0.6 is 0 Å². The first-order valence-corrected chi connectivity index (χ1v) is 7.48. The van der Waals surface area contributed by atoms with E-state index in [1.54, 1.807) is 11.0 Å². The van der Waals surface area contributed by atoms with Crippen LogP contribution in [0.2, 0.25) is 0 Å². The van der Waals surface area contributed by atoms with Crippen molar-refractivity contribution in [2.75, 3.05) is 18.4 Å². The third-order valence-electron chi connectivity index (χ3n) is 2.83. The van der Waals surface area contributed by atoms with E-state index in [2.05, 4.69) is 26.2 Å². The Balaban J connectivity index is 1.66. The predicted molar refractivity (Wildman–Crippen MR) is 86.5 cm³/mol. The maximum absolute atomic E-state index is 11.5. The number of nitrogens with zero attached hydrogens (tertiary/aromatic N) is 4. The molecule has 1 heterocycles. The first-order chi connectivity index (χ1) is 10.9. The molecular weight excluding hydrogens is 296 g/mol. The average Bonchev–Trinajstić information content (AvgIpc) is 3.00. The number of tetrazole rings is 1. The summed E-state index contributed by atoms with van der Waals surface area (Å²) in [5.41, 5.74) is 1.43. The zero-order valence-electron chi connectivity index (χ0n) is 13.6. The molecule has 0 aliphatic rings. The van der Waals surface area contributed by atoms with E-state index in [0.717, 1.165) is 24.3 Å². The molecule has 0 spiro atoms. The highest BCUT2D eigenvalue weighted by Gasteiger charge is 2.15. The van der Waals surface area contributed by atoms with Gasteiger partial charge in [0, 0.05) is 18.8 Å². The van der Waals surface area contributed by atoms with Crippen LogP contribution in [0, 0.1) is 0 Å². The number of aromatic nitrogens is 4. The number of alkyl carbamates (subject to hydrolysis) is 1. The number of rotatable bonds is 6. The highest BCUT2D eigenvalue weighted by atomic mass is 16.6. The number of anilines is 1. The smallest absolute Gasteiger partial charge is 0.407 e. The number of benzene rings is 1. The first kappa shape index (κ1) is 16.7. The molecule has 1 aromatic heterocycles. The van der Waals surface area contributed by atoms with Crippen LogP contribution in [0.3, 0.4) is 0 Å². The Bertz CT molecular complexity index is 604. The molecular formula is C15H22N6O2. The number of carbonyl (C=O) groups excluding carboxylic acids is 1. The molecule has 0 aliphatic carbocycles. The molecule has 2 aromatic rings. The number of ether oxygens (including phenoxy) is 1. The van der Waals surface area contributed by atoms with Crippen LogP contribution in [0.1, 0.15) is 27.2 Å². The SMILES string of the molecule is CC(C)(C)OC(=O)NCCCNc1ccc(-n2cnnn2)cc1. The van der Waals surface area contributed by atoms with Gasteiger partial charge in [0.05, 0.1) is 5.69 Å². The number of hydrogen-bond acceptors (Lipinski definition) is 6. The van der Waals surface area contributed by atoms with Crippen LogP contribution in [0.4, 0.5) is 10.5 Å². The lowest BCUT2D eigenvalue weighted by atomic mass is 10.2. The Morgan fingerprint density at radius 1 is 1.22 bits per heavy atom. The van der Waals surface area contributed by atoms with Gasteiger partial charge in [0.15, 0.2) is 0 Å². The summed E-state index contributed by atoms with van der Waals surface area (Å²) < 4.78 is 6.75. The van der Waals surface area contributed by atoms with Crippen molar-refractivity contribution in [2.45, 2.75) is 32.8 Å². The molecule has 8 heteroatoms. The molecule has 0 aliphatic heterocycles. The van der Waals surface area contributed by atoms with E-state index in [4.69, 9.17) is 4.74 Å². The summed E-state index contributed by atoms with van der Waals surface area (Å²) in [5, 5.41) is 17.0. The number of amides is 1. The van der Waals surface area contributed by atoms with Gasteiger partial charge in [-0.3, -0.25) is 0 Å². The monoisotopic (exact) mass is 318 g/mol. The summed E-state index contributed by atoms with van der Waals surface area (Å²) in [4.78, 5) is 11.5. The fourth-order valence-corrected chi connectivity index (χ4v) is 1.84. The Hall–Kier alpha value is -2.64. The first-order valence-electron chi connectivity index (χ1n) is 7.48. The van der Waals surface area contributed by atoms with Crippen molar-refractivity contribution in [3.8, 4) is 5.69 Å². The second kappa shape index (κ2) is 7.57. The summed E-state index contributed by atoms with van der Waals surface area (Å²) in [6, 6.07) is 7.77. The van der Waals surface area contributed by atoms with Crippen molar-refractivity contribution >= 4 is 11.8 Å². The predicted octanol–water partition coefficient (Wildman–Crippen LogP) is 1.99. The lowest BCUT2D eigenvalue weighted by molar-refractivity contribution is 0.0528. The molecule has 0 bridgehead atoms. The Labute approximate surface area is 135 Å². The third-order valence-corrected chi connectivity index (χ3v) is 2.83. The molecule has 0 fully saturated rings. The van der Waals surface area contributed by atoms with E-state index < -0.39 is 5.60 Å². The van der Waals surface area contributed by atoms with Crippen LogP contribution < -0.4 is 10.6 Å². The summed E-state index contributed by atoms with van der Waals surface area (Å²) in [5.74, 6) is 0. The Morgan fingerprint density at radius 2 is 1.96 bits per heavy atom. The largest absolute Gasteiger partial charge is 0.444 e. The van der Waals surface area contributed by atoms with Gasteiger partial charge in [0.25, 0.3) is 0 Å². The highest BCUT2D eigenvalue weighted by Crippen LogP contribution is 2.11. The van der Waals surface area contributed by atoms with Crippen LogP contribution in [0.25, 0.3) is 5.69 Å². The molecule has 0 radical (unpaired) electrons. The lowest BCUT2D eigenvalue weighted by Gasteiger charge is -2.19. The van der Waals surface area contributed by atoms with Gasteiger partial charge in [-0.15, -0.1) is 5.10 Å². The Kier molecular flexibility index (Phi) is 5.51. The normalized spacial score (nSPS) is 11.1. The average molecular weight is 318 g/mol. The fraction of sp³-hybridized carbons (Fsp3) is 0.467. The fourth-order valence-electron chi connectivity index (χ4n) is 1.84. The molecule has 0 saturated carbocycles. The highest BCUT2D eigenvalue weighted by molar-refractivity contribution is 5.67. The minimum absolute atomic E-state index is 0.386. The van der Waals surface area contributed by atoms with Crippen molar-refractivity contribution in [2.24, 2.45) is 0 Å². The van der Waals surface area contributed by atoms with Crippen molar-refractivity contribution in [3.05, 3.63) is 30.6 Å². The quantitative estimate of drug-likeness (QED) is 0.791. The van der Waals surface area contributed by atoms with Gasteiger partial charge in [0.1, 0.15) is 11.9 Å². The summed E-state index contributed by atoms with van der Waals surface area (Å²) in [6.45, 7) is 6.83. The van der Waals surface area contributed by atoms with Crippen LogP contribution in [0.15, 0.2) is 30.6 Å². The maximum atomic E-state index is 11.5. The molecule has 23 heavy (non-hydrogen) atoms. The van der Waals surface area contributed by atoms with Gasteiger partial charge in [0.2, 0.25) is 0 Å². The molecule has 2 N–H and O–H groups in total. The second-order valence-corrected chi connectivity index (χ2v) is 6.01. The molecule has 0 unspecified atom stereocenters. The van der Waals surface area contributed by atoms with E-state index in [1.165, 1.54) is 0 Å². The summed E-state index contributed by atoms with van der Waals surface area (Å²) >= 11 is 0. The van der Waals surface area contributed by atoms with E-state index in [0.29, 0.717) is 6.54 Å². The van der Waals surface area contributed by atoms with Crippen molar-refractivity contribution in [3.63, 3.8) is 0 Å². The zero-order valence-corrected chi connectivity index (χ0v) is 13.6. The van der Waals surface area contributed by atoms with E-state index in [-0.39, 0.29) is 6.09 Å². The van der Waals surface area contributed by atoms with Crippen LogP contribution in [-0.2, 0) is 4.74 Å². The van der Waals surface area contributed by atoms with Crippen LogP contribution in [0.5, 0.6) is 0 Å². The van der Waals surface area contributed by atoms with Gasteiger partial charge in [-0.25, -0.2) is 9.48 Å². The molecule has 1 amide bonds. The van der Waals surface area contributed by atoms with Gasteiger partial charge in [-0.2, -0.15) is 0 Å². The minimum Gasteiger partial charge on any atom is -0.444 e. The third kappa shape index (κ3) is 5.93. The van der Waals surface area contributed by atoms with Gasteiger partial charge in [-0.1, -0.05) is 0 Å². The Morgan fingerprint density at radius 3 is 2.57 bits per heavy atom. The van der Waals surface area contributed by atoms with E-state index in [1.807, 2.05) is 45.0 Å². The number of hydrogen-bond donors (Lipinski definition) is 2. The van der Waals surface area contributed by atoms with E-state index in [9.17, 15) is 4.79 Å². The topological polar surface area (TPSA) is 94.0 Å². The molecule has 2 rings (SSSR count). The summed E-state index contributed by atoms with van der Waals surface area (Å²) in [6.07, 6.45) is 1.96. The van der Waals surface area contributed by atoms with Gasteiger partial charge >= 0.3 is 6.09 Å². The van der Waals surface area contributed by atoms with Gasteiger partial charge in [-0.05, 0) is 61.9 Å². The lowest BCUT2D eigenvalue weighted by Crippen LogP contribution is -2.33. The number of nitrogens with one attached hydrogen (secondary N) is 2. The molecule has 1 aromatic carbocycles. The second-order valence-electron chi connectivity index (χ2n) is 6.01. The molecule has 8 nitrogen and oxygen atoms in total. The van der Waals surface area contributed by atoms with Crippen LogP contribution in [-0.4, -0.2) is 45.0 Å². The molecule has 0 saturated heterocycles. The molecule has 0 atom stereocenters. The van der Waals surface area contributed by atoms with Crippen molar-refractivity contribution < 1.29 is 9.53 Å². The molecule has 124 valence electrons. The van der Waals surface area contributed by atoms with Gasteiger partial charge < -0.3 is 15.4 Å². The number of carbonyl (C=O) groups is 1. The summed E-state index contributed by atoms with van der Waals surface area (Å²) in [7, 11) is 0. The standard InChI is InChI=1S/C15H22N6O2/c1-15(2,3)23-14(22)17-10-4-9-16-12-5-7-13(8-6-12)21-11-18-19-20-21/h5-8,11,16H,4,9-10H2,1-3H3,(H,17,22). The van der Waals surface area contributed by atoms with Crippen molar-refractivity contribution in [1.29, 1.82) is 0 Å². The van der Waals surface area contributed by atoms with E-state index >= 15 is 0 Å². The minimum atomic E-state index is -0.469. The van der Waals surface area contributed by atoms with Crippen molar-refractivity contribution in [1.82, 2.24) is 25.5 Å². The zero-order chi connectivity index (χ0) is 16.7.